The van der Waals surface area contributed by atoms with E-state index >= 15 is 0 Å². The normalized spacial score (nSPS) is 11.4. The van der Waals surface area contributed by atoms with Crippen LogP contribution in [0.15, 0.2) is 79.1 Å². The summed E-state index contributed by atoms with van der Waals surface area (Å²) in [4.78, 5) is 8.83. The second kappa shape index (κ2) is 11.1. The van der Waals surface area contributed by atoms with E-state index in [9.17, 15) is 8.42 Å². The Labute approximate surface area is 200 Å². The molecule has 0 spiro atoms. The maximum atomic E-state index is 11.2. The molecule has 1 aromatic heterocycles. The van der Waals surface area contributed by atoms with E-state index in [0.717, 1.165) is 45.7 Å². The lowest BCUT2D eigenvalue weighted by Gasteiger charge is -2.11. The minimum absolute atomic E-state index is 0.146. The first kappa shape index (κ1) is 23.7. The number of fused-ring (bicyclic) bond motifs is 1. The van der Waals surface area contributed by atoms with Gasteiger partial charge in [0.25, 0.3) is 0 Å². The van der Waals surface area contributed by atoms with Crippen LogP contribution in [0.5, 0.6) is 5.75 Å². The van der Waals surface area contributed by atoms with Gasteiger partial charge in [-0.1, -0.05) is 36.4 Å². The molecule has 0 bridgehead atoms. The highest BCUT2D eigenvalue weighted by Crippen LogP contribution is 2.25. The molecule has 3 aromatic carbocycles. The topological polar surface area (TPSA) is 93.2 Å². The molecule has 4 rings (SSSR count). The Morgan fingerprint density at radius 3 is 2.44 bits per heavy atom. The van der Waals surface area contributed by atoms with E-state index in [1.165, 1.54) is 6.26 Å². The summed E-state index contributed by atoms with van der Waals surface area (Å²) in [7, 11) is -2.94. The van der Waals surface area contributed by atoms with Gasteiger partial charge in [-0.2, -0.15) is 0 Å². The minimum Gasteiger partial charge on any atom is -0.489 e. The second-order valence-corrected chi connectivity index (χ2v) is 10.4. The average molecular weight is 477 g/mol. The maximum absolute atomic E-state index is 11.2. The predicted molar refractivity (Wildman–Crippen MR) is 136 cm³/mol. The summed E-state index contributed by atoms with van der Waals surface area (Å²) in [5.74, 6) is 1.69. The van der Waals surface area contributed by atoms with Gasteiger partial charge < -0.3 is 15.4 Å². The monoisotopic (exact) mass is 476 g/mol. The van der Waals surface area contributed by atoms with Crippen molar-refractivity contribution >= 4 is 32.2 Å². The summed E-state index contributed by atoms with van der Waals surface area (Å²) in [5.41, 5.74) is 4.02. The largest absolute Gasteiger partial charge is 0.489 e. The van der Waals surface area contributed by atoms with Crippen molar-refractivity contribution < 1.29 is 13.2 Å². The van der Waals surface area contributed by atoms with Gasteiger partial charge >= 0.3 is 0 Å². The fourth-order valence-electron chi connectivity index (χ4n) is 3.49. The number of rotatable bonds is 11. The molecule has 7 nitrogen and oxygen atoms in total. The van der Waals surface area contributed by atoms with Crippen LogP contribution in [0.4, 0.5) is 11.5 Å². The lowest BCUT2D eigenvalue weighted by atomic mass is 10.1. The summed E-state index contributed by atoms with van der Waals surface area (Å²) in [5, 5.41) is 7.47. The molecule has 34 heavy (non-hydrogen) atoms. The molecule has 0 radical (unpaired) electrons. The molecule has 8 heteroatoms. The first-order valence-corrected chi connectivity index (χ1v) is 13.2. The van der Waals surface area contributed by atoms with Crippen molar-refractivity contribution in [2.24, 2.45) is 0 Å². The Bertz CT molecular complexity index is 1330. The highest BCUT2D eigenvalue weighted by molar-refractivity contribution is 7.90. The lowest BCUT2D eigenvalue weighted by molar-refractivity contribution is 0.306. The molecular weight excluding hydrogens is 448 g/mol. The molecule has 2 N–H and O–H groups in total. The van der Waals surface area contributed by atoms with E-state index in [1.807, 2.05) is 66.7 Å². The summed E-state index contributed by atoms with van der Waals surface area (Å²) in [6.07, 6.45) is 3.59. The summed E-state index contributed by atoms with van der Waals surface area (Å²) in [6, 6.07) is 24.0. The van der Waals surface area contributed by atoms with E-state index in [2.05, 4.69) is 26.7 Å². The highest BCUT2D eigenvalue weighted by atomic mass is 32.2. The van der Waals surface area contributed by atoms with Gasteiger partial charge in [-0.3, -0.25) is 0 Å². The number of benzene rings is 3. The van der Waals surface area contributed by atoms with Crippen molar-refractivity contribution in [2.75, 3.05) is 30.4 Å². The van der Waals surface area contributed by atoms with Gasteiger partial charge in [0.05, 0.1) is 11.3 Å². The third kappa shape index (κ3) is 7.00. The Morgan fingerprint density at radius 1 is 0.882 bits per heavy atom. The molecule has 176 valence electrons. The van der Waals surface area contributed by atoms with E-state index in [1.54, 1.807) is 6.33 Å². The Balaban J connectivity index is 1.35. The van der Waals surface area contributed by atoms with Gasteiger partial charge in [0, 0.05) is 23.9 Å². The number of hydrogen-bond donors (Lipinski definition) is 2. The van der Waals surface area contributed by atoms with Crippen LogP contribution in [-0.2, 0) is 22.9 Å². The minimum atomic E-state index is -2.94. The van der Waals surface area contributed by atoms with Gasteiger partial charge in [-0.25, -0.2) is 18.4 Å². The lowest BCUT2D eigenvalue weighted by Crippen LogP contribution is -2.24. The number of anilines is 2. The molecule has 0 aliphatic rings. The molecular formula is C26H28N4O3S. The van der Waals surface area contributed by atoms with Gasteiger partial charge in [0.15, 0.2) is 0 Å². The van der Waals surface area contributed by atoms with E-state index < -0.39 is 9.84 Å². The first-order chi connectivity index (χ1) is 16.5. The van der Waals surface area contributed by atoms with Crippen molar-refractivity contribution in [3.05, 3.63) is 90.3 Å². The summed E-state index contributed by atoms with van der Waals surface area (Å²) >= 11 is 0. The molecule has 0 aliphatic heterocycles. The standard InChI is InChI=1S/C26H28N4O3S/c1-34(31,32)16-15-27-14-13-20-7-12-24-25(17-20)28-19-29-26(24)30-22-8-10-23(11-9-22)33-18-21-5-3-2-4-6-21/h2-12,17,19,27H,13-16,18H2,1H3,(H,28,29,30). The van der Waals surface area contributed by atoms with E-state index in [4.69, 9.17) is 4.74 Å². The van der Waals surface area contributed by atoms with E-state index in [-0.39, 0.29) is 5.75 Å². The predicted octanol–water partition coefficient (Wildman–Crippen LogP) is 4.13. The van der Waals surface area contributed by atoms with Crippen molar-refractivity contribution in [2.45, 2.75) is 13.0 Å². The number of nitrogens with zero attached hydrogens (tertiary/aromatic N) is 2. The van der Waals surface area contributed by atoms with Gasteiger partial charge in [0.1, 0.15) is 34.3 Å². The van der Waals surface area contributed by atoms with Crippen molar-refractivity contribution in [3.63, 3.8) is 0 Å². The zero-order chi connectivity index (χ0) is 23.8. The fraction of sp³-hybridized carbons (Fsp3) is 0.231. The number of nitrogens with one attached hydrogen (secondary N) is 2. The molecule has 0 unspecified atom stereocenters. The Hall–Kier alpha value is -3.49. The van der Waals surface area contributed by atoms with E-state index in [0.29, 0.717) is 19.7 Å². The quantitative estimate of drug-likeness (QED) is 0.314. The van der Waals surface area contributed by atoms with Crippen LogP contribution in [0.2, 0.25) is 0 Å². The van der Waals surface area contributed by atoms with Crippen LogP contribution in [0.25, 0.3) is 10.9 Å². The Morgan fingerprint density at radius 2 is 1.68 bits per heavy atom. The smallest absolute Gasteiger partial charge is 0.148 e. The van der Waals surface area contributed by atoms with Gasteiger partial charge in [-0.05, 0) is 60.5 Å². The third-order valence-electron chi connectivity index (χ3n) is 5.31. The van der Waals surface area contributed by atoms with Crippen LogP contribution < -0.4 is 15.4 Å². The zero-order valence-electron chi connectivity index (χ0n) is 19.1. The molecule has 0 aliphatic carbocycles. The van der Waals surface area contributed by atoms with Gasteiger partial charge in [0.2, 0.25) is 0 Å². The molecule has 0 fully saturated rings. The van der Waals surface area contributed by atoms with Crippen molar-refractivity contribution in [3.8, 4) is 5.75 Å². The van der Waals surface area contributed by atoms with Gasteiger partial charge in [-0.15, -0.1) is 0 Å². The number of sulfone groups is 1. The molecule has 1 heterocycles. The number of hydrogen-bond acceptors (Lipinski definition) is 7. The molecule has 0 saturated carbocycles. The average Bonchev–Trinajstić information content (AvgIpc) is 2.83. The number of ether oxygens (including phenoxy) is 1. The van der Waals surface area contributed by atoms with Crippen LogP contribution in [0.3, 0.4) is 0 Å². The van der Waals surface area contributed by atoms with Crippen molar-refractivity contribution in [1.82, 2.24) is 15.3 Å². The number of aromatic nitrogens is 2. The van der Waals surface area contributed by atoms with Crippen LogP contribution >= 0.6 is 0 Å². The fourth-order valence-corrected chi connectivity index (χ4v) is 4.00. The maximum Gasteiger partial charge on any atom is 0.148 e. The summed E-state index contributed by atoms with van der Waals surface area (Å²) in [6.45, 7) is 1.69. The van der Waals surface area contributed by atoms with Crippen LogP contribution in [0, 0.1) is 0 Å². The third-order valence-corrected chi connectivity index (χ3v) is 6.25. The van der Waals surface area contributed by atoms with Crippen molar-refractivity contribution in [1.29, 1.82) is 0 Å². The highest BCUT2D eigenvalue weighted by Gasteiger charge is 2.07. The first-order valence-electron chi connectivity index (χ1n) is 11.1. The summed E-state index contributed by atoms with van der Waals surface area (Å²) < 4.78 is 28.3. The van der Waals surface area contributed by atoms with Crippen LogP contribution in [0.1, 0.15) is 11.1 Å². The molecule has 0 atom stereocenters. The SMILES string of the molecule is CS(=O)(=O)CCNCCc1ccc2c(Nc3ccc(OCc4ccccc4)cc3)ncnc2c1. The molecule has 0 saturated heterocycles. The Kier molecular flexibility index (Phi) is 7.72. The van der Waals surface area contributed by atoms with Crippen LogP contribution in [-0.4, -0.2) is 43.5 Å². The molecule has 4 aromatic rings. The zero-order valence-corrected chi connectivity index (χ0v) is 19.9. The molecule has 0 amide bonds. The second-order valence-electron chi connectivity index (χ2n) is 8.13.